The summed E-state index contributed by atoms with van der Waals surface area (Å²) in [7, 11) is -4.10. The summed E-state index contributed by atoms with van der Waals surface area (Å²) in [5, 5.41) is 18.8. The number of sulfonamides is 1. The van der Waals surface area contributed by atoms with E-state index in [1.165, 1.54) is 16.8 Å². The maximum Gasteiger partial charge on any atom is 0.338 e. The molecule has 0 fully saturated rings. The number of nitrogens with two attached hydrogens (primary N) is 1. The number of primary sulfonamides is 1. The Morgan fingerprint density at radius 1 is 1.28 bits per heavy atom. The number of ether oxygens (including phenoxy) is 1. The lowest BCUT2D eigenvalue weighted by molar-refractivity contribution is 0.0464. The van der Waals surface area contributed by atoms with E-state index >= 15 is 0 Å². The van der Waals surface area contributed by atoms with Crippen LogP contribution in [0.25, 0.3) is 5.69 Å². The third-order valence-electron chi connectivity index (χ3n) is 4.08. The van der Waals surface area contributed by atoms with Crippen LogP contribution in [-0.4, -0.2) is 24.2 Å². The van der Waals surface area contributed by atoms with Crippen LogP contribution in [-0.2, 0) is 21.4 Å². The van der Waals surface area contributed by atoms with E-state index in [0.717, 1.165) is 6.07 Å². The molecule has 29 heavy (non-hydrogen) atoms. The first-order chi connectivity index (χ1) is 13.7. The summed E-state index contributed by atoms with van der Waals surface area (Å²) >= 11 is 5.83. The second kappa shape index (κ2) is 8.05. The third-order valence-corrected chi connectivity index (χ3v) is 5.47. The molecule has 3 aromatic rings. The third kappa shape index (κ3) is 4.30. The highest BCUT2D eigenvalue weighted by Gasteiger charge is 2.20. The summed E-state index contributed by atoms with van der Waals surface area (Å²) in [5.74, 6) is -0.797. The van der Waals surface area contributed by atoms with Gasteiger partial charge in [-0.2, -0.15) is 10.4 Å². The van der Waals surface area contributed by atoms with Crippen LogP contribution in [0.3, 0.4) is 0 Å². The molecule has 2 aromatic carbocycles. The zero-order chi connectivity index (χ0) is 21.2. The van der Waals surface area contributed by atoms with Gasteiger partial charge in [0.1, 0.15) is 23.1 Å². The van der Waals surface area contributed by atoms with Crippen LogP contribution >= 0.6 is 11.6 Å². The SMILES string of the molecule is Cc1nn(-c2ccccc2)c(COC(=O)c2ccc(Cl)c(S(N)(=O)=O)c2)c1C#N. The van der Waals surface area contributed by atoms with E-state index in [1.54, 1.807) is 19.1 Å². The Labute approximate surface area is 172 Å². The second-order valence-electron chi connectivity index (χ2n) is 6.03. The number of benzene rings is 2. The normalized spacial score (nSPS) is 11.1. The number of rotatable bonds is 5. The molecule has 0 atom stereocenters. The second-order valence-corrected chi connectivity index (χ2v) is 7.97. The zero-order valence-electron chi connectivity index (χ0n) is 15.2. The van der Waals surface area contributed by atoms with Gasteiger partial charge >= 0.3 is 5.97 Å². The van der Waals surface area contributed by atoms with Crippen LogP contribution < -0.4 is 5.14 Å². The number of para-hydroxylation sites is 1. The molecular weight excluding hydrogens is 416 g/mol. The van der Waals surface area contributed by atoms with Gasteiger partial charge in [-0.15, -0.1) is 0 Å². The predicted octanol–water partition coefficient (Wildman–Crippen LogP) is 2.71. The number of aryl methyl sites for hydroxylation is 1. The number of nitriles is 1. The summed E-state index contributed by atoms with van der Waals surface area (Å²) in [5.41, 5.74) is 1.84. The van der Waals surface area contributed by atoms with Gasteiger partial charge in [-0.25, -0.2) is 23.0 Å². The van der Waals surface area contributed by atoms with Gasteiger partial charge in [-0.1, -0.05) is 29.8 Å². The van der Waals surface area contributed by atoms with Crippen LogP contribution in [0.2, 0.25) is 5.02 Å². The van der Waals surface area contributed by atoms with Crippen molar-refractivity contribution in [3.05, 3.63) is 76.1 Å². The molecule has 0 saturated carbocycles. The number of carbonyl (C=O) groups is 1. The largest absolute Gasteiger partial charge is 0.456 e. The quantitative estimate of drug-likeness (QED) is 0.619. The molecular formula is C19H15ClN4O4S. The minimum atomic E-state index is -4.10. The summed E-state index contributed by atoms with van der Waals surface area (Å²) in [6.45, 7) is 1.44. The first-order valence-corrected chi connectivity index (χ1v) is 10.2. The van der Waals surface area contributed by atoms with E-state index in [-0.39, 0.29) is 22.1 Å². The molecule has 0 aliphatic carbocycles. The van der Waals surface area contributed by atoms with Gasteiger partial charge in [0.05, 0.1) is 27.7 Å². The van der Waals surface area contributed by atoms with Crippen LogP contribution in [0.4, 0.5) is 0 Å². The molecule has 2 N–H and O–H groups in total. The van der Waals surface area contributed by atoms with E-state index in [4.69, 9.17) is 21.5 Å². The lowest BCUT2D eigenvalue weighted by atomic mass is 10.2. The molecule has 10 heteroatoms. The van der Waals surface area contributed by atoms with Crippen molar-refractivity contribution in [2.24, 2.45) is 5.14 Å². The van der Waals surface area contributed by atoms with Gasteiger partial charge in [0.15, 0.2) is 0 Å². The van der Waals surface area contributed by atoms with Crippen molar-refractivity contribution in [2.75, 3.05) is 0 Å². The lowest BCUT2D eigenvalue weighted by Gasteiger charge is -2.10. The van der Waals surface area contributed by atoms with Crippen LogP contribution in [0.15, 0.2) is 53.4 Å². The van der Waals surface area contributed by atoms with Gasteiger partial charge in [0.25, 0.3) is 0 Å². The number of hydrogen-bond acceptors (Lipinski definition) is 6. The summed E-state index contributed by atoms with van der Waals surface area (Å²) in [6.07, 6.45) is 0. The standard InChI is InChI=1S/C19H15ClN4O4S/c1-12-15(10-21)17(24(23-12)14-5-3-2-4-6-14)11-28-19(25)13-7-8-16(20)18(9-13)29(22,26)27/h2-9H,11H2,1H3,(H2,22,26,27). The van der Waals surface area contributed by atoms with Gasteiger partial charge in [0.2, 0.25) is 10.0 Å². The number of esters is 1. The van der Waals surface area contributed by atoms with E-state index in [2.05, 4.69) is 11.2 Å². The molecule has 0 bridgehead atoms. The van der Waals surface area contributed by atoms with Crippen molar-refractivity contribution in [1.29, 1.82) is 5.26 Å². The number of nitrogens with zero attached hydrogens (tertiary/aromatic N) is 3. The molecule has 0 aliphatic heterocycles. The topological polar surface area (TPSA) is 128 Å². The summed E-state index contributed by atoms with van der Waals surface area (Å²) < 4.78 is 30.0. The number of carbonyl (C=O) groups excluding carboxylic acids is 1. The average molecular weight is 431 g/mol. The van der Waals surface area contributed by atoms with Crippen LogP contribution in [0.1, 0.15) is 27.3 Å². The van der Waals surface area contributed by atoms with Crippen molar-refractivity contribution in [3.63, 3.8) is 0 Å². The molecule has 1 aromatic heterocycles. The van der Waals surface area contributed by atoms with Crippen molar-refractivity contribution in [2.45, 2.75) is 18.4 Å². The van der Waals surface area contributed by atoms with Gasteiger partial charge in [0, 0.05) is 0 Å². The van der Waals surface area contributed by atoms with Gasteiger partial charge in [-0.3, -0.25) is 0 Å². The van der Waals surface area contributed by atoms with Crippen molar-refractivity contribution < 1.29 is 17.9 Å². The minimum Gasteiger partial charge on any atom is -0.456 e. The Morgan fingerprint density at radius 3 is 2.59 bits per heavy atom. The fourth-order valence-corrected chi connectivity index (χ4v) is 3.77. The molecule has 0 spiro atoms. The van der Waals surface area contributed by atoms with Crippen molar-refractivity contribution in [1.82, 2.24) is 9.78 Å². The average Bonchev–Trinajstić information content (AvgIpc) is 3.01. The Morgan fingerprint density at radius 2 is 1.97 bits per heavy atom. The summed E-state index contributed by atoms with van der Waals surface area (Å²) in [4.78, 5) is 12.1. The van der Waals surface area contributed by atoms with Crippen LogP contribution in [0, 0.1) is 18.3 Å². The molecule has 0 unspecified atom stereocenters. The van der Waals surface area contributed by atoms with Crippen LogP contribution in [0.5, 0.6) is 0 Å². The molecule has 1 heterocycles. The fraction of sp³-hybridized carbons (Fsp3) is 0.105. The molecule has 0 radical (unpaired) electrons. The molecule has 0 aliphatic rings. The maximum atomic E-state index is 12.4. The smallest absolute Gasteiger partial charge is 0.338 e. The van der Waals surface area contributed by atoms with E-state index < -0.39 is 16.0 Å². The maximum absolute atomic E-state index is 12.4. The Bertz CT molecular complexity index is 1230. The molecule has 3 rings (SSSR count). The lowest BCUT2D eigenvalue weighted by Crippen LogP contribution is -2.15. The van der Waals surface area contributed by atoms with Gasteiger partial charge < -0.3 is 4.74 Å². The molecule has 148 valence electrons. The Hall–Kier alpha value is -3.19. The highest BCUT2D eigenvalue weighted by molar-refractivity contribution is 7.89. The first kappa shape index (κ1) is 20.5. The minimum absolute atomic E-state index is 0.0422. The monoisotopic (exact) mass is 430 g/mol. The zero-order valence-corrected chi connectivity index (χ0v) is 16.7. The number of halogens is 1. The highest BCUT2D eigenvalue weighted by atomic mass is 35.5. The van der Waals surface area contributed by atoms with Crippen molar-refractivity contribution >= 4 is 27.6 Å². The van der Waals surface area contributed by atoms with E-state index in [1.807, 2.05) is 18.2 Å². The summed E-state index contributed by atoms with van der Waals surface area (Å²) in [6, 6.07) is 14.8. The first-order valence-electron chi connectivity index (χ1n) is 8.26. The number of aromatic nitrogens is 2. The van der Waals surface area contributed by atoms with E-state index in [9.17, 15) is 18.5 Å². The predicted molar refractivity (Wildman–Crippen MR) is 105 cm³/mol. The molecule has 0 amide bonds. The fourth-order valence-electron chi connectivity index (χ4n) is 2.70. The Balaban J connectivity index is 1.91. The molecule has 8 nitrogen and oxygen atoms in total. The molecule has 0 saturated heterocycles. The van der Waals surface area contributed by atoms with Gasteiger partial charge in [-0.05, 0) is 37.3 Å². The number of hydrogen-bond donors (Lipinski definition) is 1. The Kier molecular flexibility index (Phi) is 5.70. The highest BCUT2D eigenvalue weighted by Crippen LogP contribution is 2.23. The van der Waals surface area contributed by atoms with E-state index in [0.29, 0.717) is 22.6 Å². The van der Waals surface area contributed by atoms with Crippen molar-refractivity contribution in [3.8, 4) is 11.8 Å².